The number of furan rings is 1. The van der Waals surface area contributed by atoms with Crippen LogP contribution in [0.25, 0.3) is 11.0 Å². The molecule has 0 unspecified atom stereocenters. The zero-order valence-corrected chi connectivity index (χ0v) is 14.0. The predicted molar refractivity (Wildman–Crippen MR) is 96.4 cm³/mol. The molecule has 3 amide bonds. The average molecular weight is 351 g/mol. The maximum absolute atomic E-state index is 12.2. The Hall–Kier alpha value is -3.61. The quantitative estimate of drug-likeness (QED) is 0.624. The van der Waals surface area contributed by atoms with Crippen molar-refractivity contribution in [3.8, 4) is 0 Å². The molecule has 0 aliphatic rings. The minimum absolute atomic E-state index is 0.0867. The Balaban J connectivity index is 1.74. The average Bonchev–Trinajstić information content (AvgIpc) is 3.00. The van der Waals surface area contributed by atoms with Gasteiger partial charge >= 0.3 is 11.8 Å². The molecular weight excluding hydrogens is 334 g/mol. The Labute approximate surface area is 149 Å². The first-order chi connectivity index (χ1) is 12.5. The van der Waals surface area contributed by atoms with Crippen LogP contribution in [-0.2, 0) is 16.1 Å². The third kappa shape index (κ3) is 3.56. The highest BCUT2D eigenvalue weighted by Crippen LogP contribution is 2.30. The first-order valence-corrected chi connectivity index (χ1v) is 7.92. The first-order valence-electron chi connectivity index (χ1n) is 7.92. The topological polar surface area (TPSA) is 114 Å². The monoisotopic (exact) mass is 351 g/mol. The Morgan fingerprint density at radius 3 is 2.38 bits per heavy atom. The van der Waals surface area contributed by atoms with Crippen LogP contribution in [0.4, 0.5) is 5.69 Å². The predicted octanol–water partition coefficient (Wildman–Crippen LogP) is 2.10. The molecule has 0 spiro atoms. The summed E-state index contributed by atoms with van der Waals surface area (Å²) in [6, 6.07) is 14.3. The van der Waals surface area contributed by atoms with Crippen LogP contribution in [0.2, 0.25) is 0 Å². The summed E-state index contributed by atoms with van der Waals surface area (Å²) < 4.78 is 5.36. The summed E-state index contributed by atoms with van der Waals surface area (Å²) in [5.41, 5.74) is 7.73. The molecular formula is C19H17N3O4. The molecule has 132 valence electrons. The molecule has 0 saturated carbocycles. The van der Waals surface area contributed by atoms with Gasteiger partial charge in [0.25, 0.3) is 5.91 Å². The fourth-order valence-corrected chi connectivity index (χ4v) is 2.48. The number of nitrogens with one attached hydrogen (secondary N) is 2. The Morgan fingerprint density at radius 1 is 1.00 bits per heavy atom. The van der Waals surface area contributed by atoms with E-state index in [0.717, 1.165) is 11.1 Å². The summed E-state index contributed by atoms with van der Waals surface area (Å²) >= 11 is 0. The van der Waals surface area contributed by atoms with E-state index in [9.17, 15) is 14.4 Å². The molecule has 2 aromatic carbocycles. The van der Waals surface area contributed by atoms with Crippen LogP contribution >= 0.6 is 0 Å². The van der Waals surface area contributed by atoms with Gasteiger partial charge in [-0.15, -0.1) is 0 Å². The number of fused-ring (bicyclic) bond motifs is 1. The van der Waals surface area contributed by atoms with Gasteiger partial charge in [-0.1, -0.05) is 42.0 Å². The van der Waals surface area contributed by atoms with Crippen molar-refractivity contribution in [2.24, 2.45) is 5.73 Å². The summed E-state index contributed by atoms with van der Waals surface area (Å²) in [5.74, 6) is -2.78. The van der Waals surface area contributed by atoms with Gasteiger partial charge in [0.1, 0.15) is 11.3 Å². The number of nitrogens with two attached hydrogens (primary N) is 1. The highest BCUT2D eigenvalue weighted by atomic mass is 16.3. The minimum Gasteiger partial charge on any atom is -0.449 e. The van der Waals surface area contributed by atoms with E-state index in [4.69, 9.17) is 10.2 Å². The normalized spacial score (nSPS) is 10.5. The van der Waals surface area contributed by atoms with Crippen LogP contribution in [0.1, 0.15) is 21.7 Å². The number of primary amides is 1. The molecule has 0 bridgehead atoms. The number of benzene rings is 2. The number of para-hydroxylation sites is 1. The van der Waals surface area contributed by atoms with Crippen molar-refractivity contribution in [3.05, 3.63) is 65.4 Å². The van der Waals surface area contributed by atoms with E-state index in [0.29, 0.717) is 11.0 Å². The van der Waals surface area contributed by atoms with Crippen LogP contribution < -0.4 is 16.4 Å². The zero-order valence-electron chi connectivity index (χ0n) is 14.0. The largest absolute Gasteiger partial charge is 0.449 e. The fourth-order valence-electron chi connectivity index (χ4n) is 2.48. The third-order valence-corrected chi connectivity index (χ3v) is 3.84. The van der Waals surface area contributed by atoms with Crippen molar-refractivity contribution in [1.29, 1.82) is 0 Å². The Morgan fingerprint density at radius 2 is 1.69 bits per heavy atom. The van der Waals surface area contributed by atoms with Crippen LogP contribution in [0, 0.1) is 6.92 Å². The Kier molecular flexibility index (Phi) is 4.70. The number of rotatable bonds is 4. The molecule has 3 rings (SSSR count). The summed E-state index contributed by atoms with van der Waals surface area (Å²) in [5, 5.41) is 5.43. The van der Waals surface area contributed by atoms with Crippen LogP contribution in [0.3, 0.4) is 0 Å². The summed E-state index contributed by atoms with van der Waals surface area (Å²) in [7, 11) is 0. The second-order valence-corrected chi connectivity index (χ2v) is 5.79. The van der Waals surface area contributed by atoms with Crippen LogP contribution in [0.15, 0.2) is 52.9 Å². The molecule has 0 aliphatic heterocycles. The molecule has 7 nitrogen and oxygen atoms in total. The lowest BCUT2D eigenvalue weighted by atomic mass is 10.1. The number of carbonyl (C=O) groups excluding carboxylic acids is 3. The molecule has 4 N–H and O–H groups in total. The van der Waals surface area contributed by atoms with E-state index in [2.05, 4.69) is 10.6 Å². The van der Waals surface area contributed by atoms with Gasteiger partial charge in [-0.25, -0.2) is 0 Å². The van der Waals surface area contributed by atoms with Gasteiger partial charge in [-0.05, 0) is 24.6 Å². The van der Waals surface area contributed by atoms with E-state index >= 15 is 0 Å². The van der Waals surface area contributed by atoms with E-state index in [1.165, 1.54) is 0 Å². The number of hydrogen-bond acceptors (Lipinski definition) is 4. The SMILES string of the molecule is Cc1ccc(CNC(=O)C(=O)Nc2c(C(N)=O)oc3ccccc23)cc1. The second kappa shape index (κ2) is 7.10. The van der Waals surface area contributed by atoms with Crippen LogP contribution in [0.5, 0.6) is 0 Å². The molecule has 1 heterocycles. The van der Waals surface area contributed by atoms with Crippen molar-refractivity contribution in [2.75, 3.05) is 5.32 Å². The van der Waals surface area contributed by atoms with Gasteiger partial charge in [0.2, 0.25) is 5.76 Å². The van der Waals surface area contributed by atoms with E-state index in [-0.39, 0.29) is 18.0 Å². The highest BCUT2D eigenvalue weighted by molar-refractivity contribution is 6.40. The maximum atomic E-state index is 12.2. The Bertz CT molecular complexity index is 990. The lowest BCUT2D eigenvalue weighted by Crippen LogP contribution is -2.35. The molecule has 0 atom stereocenters. The van der Waals surface area contributed by atoms with Crippen molar-refractivity contribution in [3.63, 3.8) is 0 Å². The molecule has 0 aliphatic carbocycles. The first kappa shape index (κ1) is 17.2. The van der Waals surface area contributed by atoms with Gasteiger partial charge in [0, 0.05) is 11.9 Å². The van der Waals surface area contributed by atoms with Crippen molar-refractivity contribution in [1.82, 2.24) is 5.32 Å². The van der Waals surface area contributed by atoms with Gasteiger partial charge in [0.15, 0.2) is 0 Å². The number of amides is 3. The lowest BCUT2D eigenvalue weighted by molar-refractivity contribution is -0.136. The second-order valence-electron chi connectivity index (χ2n) is 5.79. The van der Waals surface area contributed by atoms with Gasteiger partial charge < -0.3 is 20.8 Å². The lowest BCUT2D eigenvalue weighted by Gasteiger charge is -2.07. The number of anilines is 1. The van der Waals surface area contributed by atoms with Crippen molar-refractivity contribution in [2.45, 2.75) is 13.5 Å². The van der Waals surface area contributed by atoms with Crippen LogP contribution in [-0.4, -0.2) is 17.7 Å². The molecule has 1 aromatic heterocycles. The molecule has 7 heteroatoms. The number of hydrogen-bond donors (Lipinski definition) is 3. The highest BCUT2D eigenvalue weighted by Gasteiger charge is 2.22. The standard InChI is InChI=1S/C19H17N3O4/c1-11-6-8-12(9-7-11)10-21-18(24)19(25)22-15-13-4-2-3-5-14(13)26-16(15)17(20)23/h2-9H,10H2,1H3,(H2,20,23)(H,21,24)(H,22,25). The minimum atomic E-state index is -0.911. The third-order valence-electron chi connectivity index (χ3n) is 3.84. The van der Waals surface area contributed by atoms with E-state index in [1.807, 2.05) is 31.2 Å². The van der Waals surface area contributed by atoms with Crippen molar-refractivity contribution >= 4 is 34.4 Å². The zero-order chi connectivity index (χ0) is 18.7. The van der Waals surface area contributed by atoms with E-state index < -0.39 is 17.7 Å². The van der Waals surface area contributed by atoms with Gasteiger partial charge in [-0.2, -0.15) is 0 Å². The smallest absolute Gasteiger partial charge is 0.313 e. The van der Waals surface area contributed by atoms with Gasteiger partial charge in [-0.3, -0.25) is 14.4 Å². The fraction of sp³-hybridized carbons (Fsp3) is 0.105. The van der Waals surface area contributed by atoms with Crippen molar-refractivity contribution < 1.29 is 18.8 Å². The maximum Gasteiger partial charge on any atom is 0.313 e. The van der Waals surface area contributed by atoms with E-state index in [1.54, 1.807) is 24.3 Å². The molecule has 0 saturated heterocycles. The number of carbonyl (C=O) groups is 3. The summed E-state index contributed by atoms with van der Waals surface area (Å²) in [4.78, 5) is 35.8. The molecule has 3 aromatic rings. The molecule has 26 heavy (non-hydrogen) atoms. The number of aryl methyl sites for hydroxylation is 1. The summed E-state index contributed by atoms with van der Waals surface area (Å²) in [6.07, 6.45) is 0. The molecule has 0 radical (unpaired) electrons. The molecule has 0 fully saturated rings. The van der Waals surface area contributed by atoms with Gasteiger partial charge in [0.05, 0.1) is 0 Å². The summed E-state index contributed by atoms with van der Waals surface area (Å²) in [6.45, 7) is 2.17.